The van der Waals surface area contributed by atoms with Crippen LogP contribution in [0.1, 0.15) is 31.2 Å². The molecule has 0 N–H and O–H groups in total. The van der Waals surface area contributed by atoms with E-state index >= 15 is 0 Å². The van der Waals surface area contributed by atoms with Crippen molar-refractivity contribution in [2.75, 3.05) is 18.0 Å². The molecule has 3 heterocycles. The zero-order valence-corrected chi connectivity index (χ0v) is 12.1. The summed E-state index contributed by atoms with van der Waals surface area (Å²) in [6.07, 6.45) is 5.35. The second-order valence-corrected chi connectivity index (χ2v) is 5.58. The van der Waals surface area contributed by atoms with Crippen LogP contribution in [0.2, 0.25) is 5.15 Å². The Bertz CT molecular complexity index is 688. The molecule has 102 valence electrons. The summed E-state index contributed by atoms with van der Waals surface area (Å²) in [5.41, 5.74) is 1.06. The van der Waals surface area contributed by atoms with Crippen LogP contribution in [0.25, 0.3) is 10.8 Å². The number of nitrogens with zero attached hydrogens (tertiary/aromatic N) is 4. The molecule has 1 aliphatic rings. The van der Waals surface area contributed by atoms with Gasteiger partial charge in [-0.3, -0.25) is 0 Å². The normalized spacial score (nSPS) is 15.8. The molecule has 0 spiro atoms. The highest BCUT2D eigenvalue weighted by Gasteiger charge is 2.21. The Morgan fingerprint density at radius 2 is 2.15 bits per heavy atom. The number of rotatable bonds is 3. The average Bonchev–Trinajstić information content (AvgIpc) is 2.36. The second kappa shape index (κ2) is 5.26. The van der Waals surface area contributed by atoms with Gasteiger partial charge in [0.05, 0.1) is 6.07 Å². The molecule has 3 rings (SSSR count). The van der Waals surface area contributed by atoms with Crippen LogP contribution in [-0.2, 0) is 0 Å². The molecule has 0 radical (unpaired) electrons. The molecular formula is C15H15ClN4. The first-order chi connectivity index (χ1) is 9.70. The van der Waals surface area contributed by atoms with Gasteiger partial charge in [-0.25, -0.2) is 9.97 Å². The summed E-state index contributed by atoms with van der Waals surface area (Å²) < 4.78 is 0. The number of fused-ring (bicyclic) bond motifs is 1. The lowest BCUT2D eigenvalue weighted by atomic mass is 9.95. The Kier molecular flexibility index (Phi) is 3.45. The van der Waals surface area contributed by atoms with Crippen molar-refractivity contribution in [3.63, 3.8) is 0 Å². The van der Waals surface area contributed by atoms with E-state index in [2.05, 4.69) is 20.9 Å². The third kappa shape index (κ3) is 2.19. The number of pyridine rings is 2. The Morgan fingerprint density at radius 3 is 2.80 bits per heavy atom. The van der Waals surface area contributed by atoms with Gasteiger partial charge in [0.1, 0.15) is 11.0 Å². The SMILES string of the molecule is CC(CC#N)c1cnc(N2CCC2)c2cnc(Cl)cc12. The van der Waals surface area contributed by atoms with Crippen molar-refractivity contribution in [3.05, 3.63) is 29.2 Å². The van der Waals surface area contributed by atoms with E-state index in [-0.39, 0.29) is 5.92 Å². The van der Waals surface area contributed by atoms with Crippen LogP contribution in [0, 0.1) is 11.3 Å². The van der Waals surface area contributed by atoms with Gasteiger partial charge >= 0.3 is 0 Å². The molecule has 1 aliphatic heterocycles. The number of halogens is 1. The van der Waals surface area contributed by atoms with Gasteiger partial charge in [-0.1, -0.05) is 18.5 Å². The maximum atomic E-state index is 8.90. The lowest BCUT2D eigenvalue weighted by Gasteiger charge is -2.33. The van der Waals surface area contributed by atoms with Crippen molar-refractivity contribution in [2.24, 2.45) is 0 Å². The Labute approximate surface area is 123 Å². The first-order valence-corrected chi connectivity index (χ1v) is 7.14. The number of hydrogen-bond acceptors (Lipinski definition) is 4. The lowest BCUT2D eigenvalue weighted by molar-refractivity contribution is 0.611. The molecule has 1 saturated heterocycles. The number of aromatic nitrogens is 2. The van der Waals surface area contributed by atoms with Crippen LogP contribution in [0.4, 0.5) is 5.82 Å². The van der Waals surface area contributed by atoms with Crippen molar-refractivity contribution in [2.45, 2.75) is 25.7 Å². The van der Waals surface area contributed by atoms with Gasteiger partial charge in [-0.2, -0.15) is 5.26 Å². The summed E-state index contributed by atoms with van der Waals surface area (Å²) in [6.45, 7) is 4.12. The molecule has 0 saturated carbocycles. The van der Waals surface area contributed by atoms with Gasteiger partial charge in [0.15, 0.2) is 0 Å². The summed E-state index contributed by atoms with van der Waals surface area (Å²) in [6, 6.07) is 4.10. The van der Waals surface area contributed by atoms with E-state index in [0.717, 1.165) is 35.2 Å². The summed E-state index contributed by atoms with van der Waals surface area (Å²) >= 11 is 6.04. The number of anilines is 1. The minimum atomic E-state index is 0.138. The van der Waals surface area contributed by atoms with E-state index in [4.69, 9.17) is 16.9 Å². The minimum Gasteiger partial charge on any atom is -0.356 e. The van der Waals surface area contributed by atoms with Crippen molar-refractivity contribution < 1.29 is 0 Å². The fourth-order valence-corrected chi connectivity index (χ4v) is 2.69. The molecule has 1 unspecified atom stereocenters. The summed E-state index contributed by atoms with van der Waals surface area (Å²) in [4.78, 5) is 11.0. The van der Waals surface area contributed by atoms with E-state index in [1.807, 2.05) is 19.2 Å². The Hall–Kier alpha value is -1.86. The van der Waals surface area contributed by atoms with Crippen molar-refractivity contribution in [1.29, 1.82) is 5.26 Å². The van der Waals surface area contributed by atoms with Gasteiger partial charge in [0.25, 0.3) is 0 Å². The molecule has 0 aromatic carbocycles. The van der Waals surface area contributed by atoms with Crippen LogP contribution in [-0.4, -0.2) is 23.1 Å². The maximum absolute atomic E-state index is 8.90. The van der Waals surface area contributed by atoms with Crippen LogP contribution in [0.3, 0.4) is 0 Å². The first kappa shape index (κ1) is 13.1. The lowest BCUT2D eigenvalue weighted by Crippen LogP contribution is -2.37. The first-order valence-electron chi connectivity index (χ1n) is 6.76. The fourth-order valence-electron chi connectivity index (χ4n) is 2.54. The van der Waals surface area contributed by atoms with E-state index in [9.17, 15) is 0 Å². The molecular weight excluding hydrogens is 272 g/mol. The van der Waals surface area contributed by atoms with Crippen molar-refractivity contribution in [3.8, 4) is 6.07 Å². The molecule has 2 aromatic heterocycles. The number of nitriles is 1. The second-order valence-electron chi connectivity index (χ2n) is 5.19. The smallest absolute Gasteiger partial charge is 0.137 e. The zero-order valence-electron chi connectivity index (χ0n) is 11.3. The van der Waals surface area contributed by atoms with Gasteiger partial charge in [-0.05, 0) is 29.4 Å². The number of hydrogen-bond donors (Lipinski definition) is 0. The minimum absolute atomic E-state index is 0.138. The molecule has 20 heavy (non-hydrogen) atoms. The Balaban J connectivity index is 2.17. The van der Waals surface area contributed by atoms with E-state index in [1.165, 1.54) is 6.42 Å². The average molecular weight is 287 g/mol. The molecule has 5 heteroatoms. The summed E-state index contributed by atoms with van der Waals surface area (Å²) in [5, 5.41) is 11.5. The largest absolute Gasteiger partial charge is 0.356 e. The molecule has 1 atom stereocenters. The van der Waals surface area contributed by atoms with Crippen LogP contribution < -0.4 is 4.90 Å². The maximum Gasteiger partial charge on any atom is 0.137 e. The molecule has 0 aliphatic carbocycles. The topological polar surface area (TPSA) is 52.8 Å². The van der Waals surface area contributed by atoms with Gasteiger partial charge < -0.3 is 4.90 Å². The Morgan fingerprint density at radius 1 is 1.35 bits per heavy atom. The van der Waals surface area contributed by atoms with Crippen molar-refractivity contribution in [1.82, 2.24) is 9.97 Å². The summed E-state index contributed by atoms with van der Waals surface area (Å²) in [5.74, 6) is 1.11. The standard InChI is InChI=1S/C15H15ClN4/c1-10(3-4-17)12-8-19-15(20-5-2-6-20)13-9-18-14(16)7-11(12)13/h7-10H,2-3,5-6H2,1H3. The molecule has 1 fully saturated rings. The predicted octanol–water partition coefficient (Wildman–Crippen LogP) is 3.51. The van der Waals surface area contributed by atoms with Gasteiger partial charge in [0.2, 0.25) is 0 Å². The highest BCUT2D eigenvalue weighted by atomic mass is 35.5. The fraction of sp³-hybridized carbons (Fsp3) is 0.400. The van der Waals surface area contributed by atoms with Crippen LogP contribution >= 0.6 is 11.6 Å². The predicted molar refractivity (Wildman–Crippen MR) is 80.0 cm³/mol. The third-order valence-corrected chi connectivity index (χ3v) is 4.04. The van der Waals surface area contributed by atoms with Gasteiger partial charge in [0, 0.05) is 37.3 Å². The highest BCUT2D eigenvalue weighted by Crippen LogP contribution is 2.34. The third-order valence-electron chi connectivity index (χ3n) is 3.83. The van der Waals surface area contributed by atoms with E-state index < -0.39 is 0 Å². The summed E-state index contributed by atoms with van der Waals surface area (Å²) in [7, 11) is 0. The van der Waals surface area contributed by atoms with E-state index in [1.54, 1.807) is 6.20 Å². The monoisotopic (exact) mass is 286 g/mol. The van der Waals surface area contributed by atoms with Crippen LogP contribution in [0.5, 0.6) is 0 Å². The molecule has 0 amide bonds. The van der Waals surface area contributed by atoms with Crippen LogP contribution in [0.15, 0.2) is 18.5 Å². The quantitative estimate of drug-likeness (QED) is 0.810. The zero-order chi connectivity index (χ0) is 14.1. The molecule has 4 nitrogen and oxygen atoms in total. The van der Waals surface area contributed by atoms with E-state index in [0.29, 0.717) is 11.6 Å². The molecule has 0 bridgehead atoms. The van der Waals surface area contributed by atoms with Crippen molar-refractivity contribution >= 4 is 28.2 Å². The molecule has 2 aromatic rings. The highest BCUT2D eigenvalue weighted by molar-refractivity contribution is 6.30. The van der Waals surface area contributed by atoms with Gasteiger partial charge in [-0.15, -0.1) is 0 Å².